The van der Waals surface area contributed by atoms with Crippen LogP contribution >= 0.6 is 0 Å². The van der Waals surface area contributed by atoms with E-state index < -0.39 is 0 Å². The number of hydrogen-bond donors (Lipinski definition) is 3. The van der Waals surface area contributed by atoms with E-state index in [-0.39, 0.29) is 0 Å². The predicted octanol–water partition coefficient (Wildman–Crippen LogP) is 8.70. The monoisotopic (exact) mass is 599 g/mol. The standard InChI is InChI=1S/C41H37N5/c1-2-29(21-22-42)13-14-35(27-44)31-15-18-37-33(24-31)17-20-39-38-19-16-32(34(26-43)10-6-8-30-9-7-23-45-28-30)25-40(38)46(41(37)39)36-11-4-3-5-12-36/h2-7,9-28H,8,42-44H2,1H3/b10-6-,14-13+,22-21-,29-2-,34-26+,35-27+. The molecule has 0 saturated carbocycles. The van der Waals surface area contributed by atoms with Crippen LogP contribution in [-0.4, -0.2) is 9.55 Å². The van der Waals surface area contributed by atoms with Gasteiger partial charge in [-0.25, -0.2) is 0 Å². The first-order valence-corrected chi connectivity index (χ1v) is 15.3. The van der Waals surface area contributed by atoms with Gasteiger partial charge in [-0.2, -0.15) is 0 Å². The van der Waals surface area contributed by atoms with E-state index in [1.807, 2.05) is 49.6 Å². The number of hydrogen-bond acceptors (Lipinski definition) is 4. The lowest BCUT2D eigenvalue weighted by Crippen LogP contribution is -1.95. The van der Waals surface area contributed by atoms with Crippen LogP contribution in [-0.2, 0) is 6.42 Å². The SMILES string of the molecule is C/C=C(\C=C/N)/C=C/C(=C\N)c1ccc2c(ccc3c4ccc(C(/C=C\Cc5cccnc5)=C/N)cc4n(-c4ccccc4)c23)c1. The molecule has 226 valence electrons. The van der Waals surface area contributed by atoms with Crippen LogP contribution in [0.5, 0.6) is 0 Å². The van der Waals surface area contributed by atoms with Gasteiger partial charge in [0.1, 0.15) is 0 Å². The Labute approximate surface area is 269 Å². The molecule has 6 rings (SSSR count). The minimum atomic E-state index is 0.781. The number of aromatic nitrogens is 2. The van der Waals surface area contributed by atoms with E-state index in [0.717, 1.165) is 67.3 Å². The van der Waals surface area contributed by atoms with Gasteiger partial charge in [0.15, 0.2) is 0 Å². The van der Waals surface area contributed by atoms with Crippen molar-refractivity contribution in [3.63, 3.8) is 0 Å². The van der Waals surface area contributed by atoms with E-state index in [1.54, 1.807) is 18.6 Å². The highest BCUT2D eigenvalue weighted by Crippen LogP contribution is 2.38. The molecule has 0 radical (unpaired) electrons. The summed E-state index contributed by atoms with van der Waals surface area (Å²) in [5.41, 5.74) is 27.4. The molecule has 46 heavy (non-hydrogen) atoms. The van der Waals surface area contributed by atoms with Crippen molar-refractivity contribution in [1.29, 1.82) is 0 Å². The van der Waals surface area contributed by atoms with E-state index in [4.69, 9.17) is 17.2 Å². The number of pyridine rings is 1. The Balaban J connectivity index is 1.48. The number of benzene rings is 4. The first-order valence-electron chi connectivity index (χ1n) is 15.3. The van der Waals surface area contributed by atoms with Crippen LogP contribution in [0.25, 0.3) is 49.4 Å². The lowest BCUT2D eigenvalue weighted by atomic mass is 9.98. The third-order valence-electron chi connectivity index (χ3n) is 8.24. The van der Waals surface area contributed by atoms with Gasteiger partial charge in [0.2, 0.25) is 0 Å². The molecular weight excluding hydrogens is 562 g/mol. The summed E-state index contributed by atoms with van der Waals surface area (Å²) in [7, 11) is 0. The molecule has 0 unspecified atom stereocenters. The first kappa shape index (κ1) is 30.0. The van der Waals surface area contributed by atoms with Crippen LogP contribution < -0.4 is 17.2 Å². The lowest BCUT2D eigenvalue weighted by Gasteiger charge is -2.11. The maximum atomic E-state index is 6.18. The van der Waals surface area contributed by atoms with Crippen molar-refractivity contribution in [2.45, 2.75) is 13.3 Å². The van der Waals surface area contributed by atoms with Crippen molar-refractivity contribution in [2.24, 2.45) is 17.2 Å². The largest absolute Gasteiger partial charge is 0.405 e. The van der Waals surface area contributed by atoms with Crippen molar-refractivity contribution in [3.05, 3.63) is 181 Å². The first-order chi connectivity index (χ1) is 22.6. The molecular formula is C41H37N5. The van der Waals surface area contributed by atoms with Crippen LogP contribution in [0, 0.1) is 0 Å². The van der Waals surface area contributed by atoms with E-state index in [1.165, 1.54) is 17.0 Å². The van der Waals surface area contributed by atoms with Crippen molar-refractivity contribution in [3.8, 4) is 5.69 Å². The van der Waals surface area contributed by atoms with Crippen LogP contribution in [0.15, 0.2) is 164 Å². The number of rotatable bonds is 9. The molecule has 6 N–H and O–H groups in total. The molecule has 0 fully saturated rings. The molecule has 2 heterocycles. The molecule has 0 atom stereocenters. The Morgan fingerprint density at radius 3 is 2.17 bits per heavy atom. The fourth-order valence-electron chi connectivity index (χ4n) is 5.92. The average Bonchev–Trinajstić information content (AvgIpc) is 3.44. The zero-order valence-corrected chi connectivity index (χ0v) is 25.8. The molecule has 2 aromatic heterocycles. The van der Waals surface area contributed by atoms with Gasteiger partial charge in [-0.15, -0.1) is 0 Å². The number of nitrogens with zero attached hydrogens (tertiary/aromatic N) is 2. The summed E-state index contributed by atoms with van der Waals surface area (Å²) in [6.45, 7) is 1.98. The van der Waals surface area contributed by atoms with E-state index in [2.05, 4.69) is 101 Å². The van der Waals surface area contributed by atoms with Gasteiger partial charge in [0, 0.05) is 46.6 Å². The van der Waals surface area contributed by atoms with E-state index in [0.29, 0.717) is 0 Å². The minimum absolute atomic E-state index is 0.781. The smallest absolute Gasteiger partial charge is 0.0619 e. The summed E-state index contributed by atoms with van der Waals surface area (Å²) in [5.74, 6) is 0. The molecule has 0 bridgehead atoms. The lowest BCUT2D eigenvalue weighted by molar-refractivity contribution is 1.18. The summed E-state index contributed by atoms with van der Waals surface area (Å²) >= 11 is 0. The maximum absolute atomic E-state index is 6.18. The van der Waals surface area contributed by atoms with Gasteiger partial charge >= 0.3 is 0 Å². The van der Waals surface area contributed by atoms with Gasteiger partial charge < -0.3 is 21.8 Å². The van der Waals surface area contributed by atoms with Crippen molar-refractivity contribution in [2.75, 3.05) is 0 Å². The van der Waals surface area contributed by atoms with Crippen molar-refractivity contribution < 1.29 is 0 Å². The highest BCUT2D eigenvalue weighted by molar-refractivity contribution is 6.19. The van der Waals surface area contributed by atoms with Gasteiger partial charge in [0.05, 0.1) is 11.0 Å². The molecule has 0 amide bonds. The van der Waals surface area contributed by atoms with E-state index >= 15 is 0 Å². The second-order valence-corrected chi connectivity index (χ2v) is 11.0. The summed E-state index contributed by atoms with van der Waals surface area (Å²) in [6.07, 6.45) is 21.4. The van der Waals surface area contributed by atoms with Crippen molar-refractivity contribution >= 4 is 43.7 Å². The second kappa shape index (κ2) is 13.7. The molecule has 6 aromatic rings. The fourth-order valence-corrected chi connectivity index (χ4v) is 5.92. The Morgan fingerprint density at radius 2 is 1.46 bits per heavy atom. The zero-order chi connectivity index (χ0) is 31.9. The maximum Gasteiger partial charge on any atom is 0.0619 e. The molecule has 0 aliphatic rings. The summed E-state index contributed by atoms with van der Waals surface area (Å²) in [4.78, 5) is 4.22. The Hall–Kier alpha value is -6.07. The molecule has 0 aliphatic heterocycles. The van der Waals surface area contributed by atoms with Gasteiger partial charge in [0.25, 0.3) is 0 Å². The highest BCUT2D eigenvalue weighted by Gasteiger charge is 2.16. The van der Waals surface area contributed by atoms with E-state index in [9.17, 15) is 0 Å². The number of allylic oxidation sites excluding steroid dienone is 9. The van der Waals surface area contributed by atoms with Crippen LogP contribution in [0.3, 0.4) is 0 Å². The summed E-state index contributed by atoms with van der Waals surface area (Å²) in [5, 5.41) is 4.67. The Kier molecular flexibility index (Phi) is 8.93. The Bertz CT molecular complexity index is 2190. The molecule has 0 aliphatic carbocycles. The van der Waals surface area contributed by atoms with Gasteiger partial charge in [-0.1, -0.05) is 91.0 Å². The fraction of sp³-hybridized carbons (Fsp3) is 0.0488. The molecule has 5 heteroatoms. The van der Waals surface area contributed by atoms with Crippen LogP contribution in [0.2, 0.25) is 0 Å². The number of para-hydroxylation sites is 1. The quantitative estimate of drug-likeness (QED) is 0.145. The molecule has 4 aromatic carbocycles. The third-order valence-corrected chi connectivity index (χ3v) is 8.24. The predicted molar refractivity (Wildman–Crippen MR) is 196 cm³/mol. The molecule has 0 saturated heterocycles. The van der Waals surface area contributed by atoms with Crippen LogP contribution in [0.1, 0.15) is 23.6 Å². The average molecular weight is 600 g/mol. The van der Waals surface area contributed by atoms with Crippen LogP contribution in [0.4, 0.5) is 0 Å². The second-order valence-electron chi connectivity index (χ2n) is 11.0. The van der Waals surface area contributed by atoms with Crippen molar-refractivity contribution in [1.82, 2.24) is 9.55 Å². The summed E-state index contributed by atoms with van der Waals surface area (Å²) in [6, 6.07) is 32.1. The number of nitrogens with two attached hydrogens (primary N) is 3. The normalized spacial score (nSPS) is 13.4. The Morgan fingerprint density at radius 1 is 0.717 bits per heavy atom. The third kappa shape index (κ3) is 5.99. The van der Waals surface area contributed by atoms with Gasteiger partial charge in [-0.3, -0.25) is 4.98 Å². The number of fused-ring (bicyclic) bond motifs is 5. The minimum Gasteiger partial charge on any atom is -0.405 e. The topological polar surface area (TPSA) is 95.9 Å². The van der Waals surface area contributed by atoms with Gasteiger partial charge in [-0.05, 0) is 94.7 Å². The highest BCUT2D eigenvalue weighted by atomic mass is 15.0. The molecule has 0 spiro atoms. The molecule has 5 nitrogen and oxygen atoms in total. The zero-order valence-electron chi connectivity index (χ0n) is 25.8. The summed E-state index contributed by atoms with van der Waals surface area (Å²) < 4.78 is 2.36.